The van der Waals surface area contributed by atoms with Crippen molar-refractivity contribution in [2.45, 2.75) is 31.5 Å². The molecule has 42 heavy (non-hydrogen) atoms. The van der Waals surface area contributed by atoms with E-state index in [-0.39, 0.29) is 12.6 Å². The molecule has 0 aliphatic carbocycles. The molecule has 2 N–H and O–H groups in total. The zero-order chi connectivity index (χ0) is 29.9. The van der Waals surface area contributed by atoms with Crippen molar-refractivity contribution in [2.24, 2.45) is 0 Å². The third-order valence-corrected chi connectivity index (χ3v) is 7.21. The summed E-state index contributed by atoms with van der Waals surface area (Å²) in [5, 5.41) is 14.0. The molecule has 214 valence electrons. The first-order valence-corrected chi connectivity index (χ1v) is 13.3. The Labute approximate surface area is 243 Å². The summed E-state index contributed by atoms with van der Waals surface area (Å²) in [6.45, 7) is 3.19. The monoisotopic (exact) mass is 566 g/mol. The molecule has 1 aliphatic heterocycles. The molecule has 1 amide bonds. The summed E-state index contributed by atoms with van der Waals surface area (Å²) >= 11 is 0. The second kappa shape index (κ2) is 11.8. The predicted octanol–water partition coefficient (Wildman–Crippen LogP) is 3.72. The molecule has 10 heteroatoms. The highest BCUT2D eigenvalue weighted by molar-refractivity contribution is 6.03. The van der Waals surface area contributed by atoms with E-state index in [4.69, 9.17) is 9.47 Å². The van der Waals surface area contributed by atoms with Crippen LogP contribution in [0.15, 0.2) is 91.0 Å². The van der Waals surface area contributed by atoms with E-state index in [0.29, 0.717) is 33.8 Å². The summed E-state index contributed by atoms with van der Waals surface area (Å²) in [6, 6.07) is 25.1. The van der Waals surface area contributed by atoms with Gasteiger partial charge in [0.25, 0.3) is 0 Å². The minimum absolute atomic E-state index is 0.112. The molecule has 4 aromatic rings. The van der Waals surface area contributed by atoms with Crippen LogP contribution >= 0.6 is 0 Å². The van der Waals surface area contributed by atoms with Crippen molar-refractivity contribution in [3.05, 3.63) is 119 Å². The lowest BCUT2D eigenvalue weighted by Gasteiger charge is -2.39. The lowest BCUT2D eigenvalue weighted by atomic mass is 9.77. The lowest BCUT2D eigenvalue weighted by molar-refractivity contribution is -0.149. The van der Waals surface area contributed by atoms with Crippen LogP contribution in [0.2, 0.25) is 0 Å². The number of rotatable bonds is 8. The Kier molecular flexibility index (Phi) is 7.99. The van der Waals surface area contributed by atoms with E-state index in [9.17, 15) is 19.5 Å². The van der Waals surface area contributed by atoms with Gasteiger partial charge in [0.1, 0.15) is 5.54 Å². The van der Waals surface area contributed by atoms with E-state index in [1.54, 1.807) is 92.7 Å². The van der Waals surface area contributed by atoms with Gasteiger partial charge < -0.3 is 14.6 Å². The number of nitrogens with zero attached hydrogens (tertiary/aromatic N) is 3. The second-order valence-electron chi connectivity index (χ2n) is 9.91. The van der Waals surface area contributed by atoms with Gasteiger partial charge in [0.15, 0.2) is 6.04 Å². The fourth-order valence-electron chi connectivity index (χ4n) is 5.49. The Morgan fingerprint density at radius 3 is 2.14 bits per heavy atom. The number of methoxy groups -OCH3 is 1. The van der Waals surface area contributed by atoms with Crippen LogP contribution in [0.25, 0.3) is 0 Å². The molecular formula is C32H30N4O6. The van der Waals surface area contributed by atoms with Crippen LogP contribution in [0.5, 0.6) is 6.01 Å². The van der Waals surface area contributed by atoms with E-state index in [2.05, 4.69) is 15.3 Å². The molecule has 3 atom stereocenters. The number of carbonyl (C=O) groups is 3. The summed E-state index contributed by atoms with van der Waals surface area (Å²) < 4.78 is 11.3. The average molecular weight is 567 g/mol. The van der Waals surface area contributed by atoms with Crippen LogP contribution < -0.4 is 15.0 Å². The molecule has 5 rings (SSSR count). The molecule has 0 radical (unpaired) electrons. The number of aryl methyl sites for hydroxylation is 2. The van der Waals surface area contributed by atoms with Crippen molar-refractivity contribution in [3.63, 3.8) is 0 Å². The zero-order valence-corrected chi connectivity index (χ0v) is 23.4. The Hall–Kier alpha value is -5.09. The number of aromatic nitrogens is 2. The number of aliphatic carboxylic acids is 1. The Morgan fingerprint density at radius 2 is 1.52 bits per heavy atom. The number of para-hydroxylation sites is 1. The van der Waals surface area contributed by atoms with E-state index in [0.717, 1.165) is 0 Å². The molecule has 0 saturated carbocycles. The largest absolute Gasteiger partial charge is 0.478 e. The number of ether oxygens (including phenoxy) is 2. The van der Waals surface area contributed by atoms with Gasteiger partial charge in [-0.1, -0.05) is 78.9 Å². The van der Waals surface area contributed by atoms with Gasteiger partial charge in [0, 0.05) is 17.0 Å². The van der Waals surface area contributed by atoms with Gasteiger partial charge in [0.2, 0.25) is 12.0 Å². The van der Waals surface area contributed by atoms with Gasteiger partial charge >= 0.3 is 17.9 Å². The van der Waals surface area contributed by atoms with Gasteiger partial charge in [-0.2, -0.15) is 0 Å². The number of carboxylic acids is 1. The highest BCUT2D eigenvalue weighted by Gasteiger charge is 2.53. The SMILES string of the molecule is COC(=O)[C@@H](c1ccccc1)N1C(=O)CN[C@](c2ccccc2)([C@H](Oc2nc(C)cc(C)n2)C(=O)O)c2ccccc21. The quantitative estimate of drug-likeness (QED) is 0.306. The number of fused-ring (bicyclic) bond motifs is 1. The van der Waals surface area contributed by atoms with Crippen LogP contribution in [0.1, 0.15) is 34.1 Å². The van der Waals surface area contributed by atoms with Gasteiger partial charge in [-0.15, -0.1) is 0 Å². The number of esters is 1. The number of carboxylic acid groups (broad SMARTS) is 1. The van der Waals surface area contributed by atoms with Crippen LogP contribution in [0, 0.1) is 13.8 Å². The van der Waals surface area contributed by atoms with Crippen molar-refractivity contribution in [1.29, 1.82) is 0 Å². The first-order valence-electron chi connectivity index (χ1n) is 13.3. The Morgan fingerprint density at radius 1 is 0.929 bits per heavy atom. The van der Waals surface area contributed by atoms with E-state index >= 15 is 0 Å². The highest BCUT2D eigenvalue weighted by Crippen LogP contribution is 2.44. The average Bonchev–Trinajstić information content (AvgIpc) is 3.11. The van der Waals surface area contributed by atoms with Gasteiger partial charge in [-0.25, -0.2) is 19.6 Å². The topological polar surface area (TPSA) is 131 Å². The minimum atomic E-state index is -1.64. The van der Waals surface area contributed by atoms with Crippen molar-refractivity contribution >= 4 is 23.5 Å². The summed E-state index contributed by atoms with van der Waals surface area (Å²) in [4.78, 5) is 50.5. The number of nitrogens with one attached hydrogen (secondary N) is 1. The maximum Gasteiger partial charge on any atom is 0.347 e. The molecule has 0 unspecified atom stereocenters. The molecule has 1 aromatic heterocycles. The molecule has 3 aromatic carbocycles. The Balaban J connectivity index is 1.78. The summed E-state index contributed by atoms with van der Waals surface area (Å²) in [5.41, 5.74) is 1.39. The molecule has 2 heterocycles. The number of hydrogen-bond donors (Lipinski definition) is 2. The molecule has 0 spiro atoms. The highest BCUT2D eigenvalue weighted by atomic mass is 16.5. The van der Waals surface area contributed by atoms with Gasteiger partial charge in [0.05, 0.1) is 19.3 Å². The molecule has 0 fully saturated rings. The van der Waals surface area contributed by atoms with Gasteiger partial charge in [-0.05, 0) is 37.1 Å². The maximum atomic E-state index is 14.0. The second-order valence-corrected chi connectivity index (χ2v) is 9.91. The fourth-order valence-corrected chi connectivity index (χ4v) is 5.49. The van der Waals surface area contributed by atoms with Crippen LogP contribution in [0.3, 0.4) is 0 Å². The van der Waals surface area contributed by atoms with Gasteiger partial charge in [-0.3, -0.25) is 15.0 Å². The maximum absolute atomic E-state index is 14.0. The van der Waals surface area contributed by atoms with Crippen molar-refractivity contribution in [2.75, 3.05) is 18.6 Å². The molecule has 1 aliphatic rings. The Bertz CT molecular complexity index is 1590. The zero-order valence-electron chi connectivity index (χ0n) is 23.4. The summed E-state index contributed by atoms with van der Waals surface area (Å²) in [6.07, 6.45) is -1.64. The number of carbonyl (C=O) groups excluding carboxylic acids is 2. The molecule has 0 bridgehead atoms. The normalized spacial score (nSPS) is 17.9. The first-order chi connectivity index (χ1) is 20.3. The van der Waals surface area contributed by atoms with Crippen molar-refractivity contribution in [1.82, 2.24) is 15.3 Å². The molecule has 10 nitrogen and oxygen atoms in total. The van der Waals surface area contributed by atoms with Crippen LogP contribution in [-0.4, -0.2) is 52.7 Å². The number of anilines is 1. The van der Waals surface area contributed by atoms with Crippen molar-refractivity contribution in [3.8, 4) is 6.01 Å². The third-order valence-electron chi connectivity index (χ3n) is 7.21. The van der Waals surface area contributed by atoms with Crippen LogP contribution in [-0.2, 0) is 24.7 Å². The predicted molar refractivity (Wildman–Crippen MR) is 154 cm³/mol. The first kappa shape index (κ1) is 28.4. The summed E-state index contributed by atoms with van der Waals surface area (Å²) in [5.74, 6) is -2.42. The molecule has 0 saturated heterocycles. The number of hydrogen-bond acceptors (Lipinski definition) is 8. The smallest absolute Gasteiger partial charge is 0.347 e. The van der Waals surface area contributed by atoms with E-state index in [1.807, 2.05) is 12.1 Å². The van der Waals surface area contributed by atoms with Crippen molar-refractivity contribution < 1.29 is 29.0 Å². The van der Waals surface area contributed by atoms with Crippen LogP contribution in [0.4, 0.5) is 5.69 Å². The number of benzene rings is 3. The number of amides is 1. The third kappa shape index (κ3) is 5.19. The van der Waals surface area contributed by atoms with E-state index < -0.39 is 35.5 Å². The molecular weight excluding hydrogens is 536 g/mol. The lowest BCUT2D eigenvalue weighted by Crippen LogP contribution is -2.58. The van der Waals surface area contributed by atoms with E-state index in [1.165, 1.54) is 12.0 Å². The minimum Gasteiger partial charge on any atom is -0.478 e. The standard InChI is InChI=1S/C32H30N4O6/c1-20-18-21(2)35-31(34-20)42-28(29(38)39)32(23-14-8-5-9-15-23)24-16-10-11-17-25(24)36(26(37)19-33-32)27(30(40)41-3)22-12-6-4-7-13-22/h4-18,27-28,33H,19H2,1-3H3,(H,38,39)/t27-,28-,32+/m1/s1. The fraction of sp³-hybridized carbons (Fsp3) is 0.219. The summed E-state index contributed by atoms with van der Waals surface area (Å²) in [7, 11) is 1.26.